The number of hydrogen-bond acceptors (Lipinski definition) is 6. The zero-order valence-electron chi connectivity index (χ0n) is 17.9. The Bertz CT molecular complexity index is 1070. The van der Waals surface area contributed by atoms with Crippen LogP contribution in [0.5, 0.6) is 17.2 Å². The summed E-state index contributed by atoms with van der Waals surface area (Å²) in [5.41, 5.74) is 6.45. The van der Waals surface area contributed by atoms with E-state index in [9.17, 15) is 18.3 Å². The van der Waals surface area contributed by atoms with Crippen LogP contribution in [0.4, 0.5) is 18.9 Å². The highest BCUT2D eigenvalue weighted by atomic mass is 19.4. The van der Waals surface area contributed by atoms with Gasteiger partial charge in [-0.15, -0.1) is 0 Å². The molecule has 0 radical (unpaired) electrons. The molecule has 0 aliphatic heterocycles. The van der Waals surface area contributed by atoms with Crippen molar-refractivity contribution >= 4 is 16.6 Å². The number of ether oxygens (including phenoxy) is 2. The summed E-state index contributed by atoms with van der Waals surface area (Å²) < 4.78 is 50.8. The van der Waals surface area contributed by atoms with E-state index in [2.05, 4.69) is 10.3 Å². The number of aliphatic hydroxyl groups is 1. The first kappa shape index (κ1) is 23.6. The summed E-state index contributed by atoms with van der Waals surface area (Å²) in [5, 5.41) is 13.8. The molecule has 32 heavy (non-hydrogen) atoms. The van der Waals surface area contributed by atoms with Gasteiger partial charge in [0, 0.05) is 18.3 Å². The van der Waals surface area contributed by atoms with Gasteiger partial charge in [0.25, 0.3) is 0 Å². The van der Waals surface area contributed by atoms with Crippen molar-refractivity contribution in [1.29, 1.82) is 0 Å². The van der Waals surface area contributed by atoms with E-state index < -0.39 is 11.7 Å². The molecular weight excluding hydrogens is 423 g/mol. The zero-order valence-corrected chi connectivity index (χ0v) is 17.9. The molecule has 4 N–H and O–H groups in total. The average Bonchev–Trinajstić information content (AvgIpc) is 2.78. The molecule has 0 spiro atoms. The van der Waals surface area contributed by atoms with Gasteiger partial charge in [-0.25, -0.2) is 0 Å². The Morgan fingerprint density at radius 1 is 1.22 bits per heavy atom. The highest BCUT2D eigenvalue weighted by Gasteiger charge is 2.31. The first-order valence-electron chi connectivity index (χ1n) is 10.2. The molecule has 1 unspecified atom stereocenters. The molecular formula is C23H26F3N3O3. The van der Waals surface area contributed by atoms with E-state index in [1.807, 2.05) is 6.92 Å². The number of rotatable bonds is 9. The molecule has 172 valence electrons. The summed E-state index contributed by atoms with van der Waals surface area (Å²) in [6.07, 6.45) is -1.27. The number of aromatic nitrogens is 1. The van der Waals surface area contributed by atoms with Crippen LogP contribution in [0, 0.1) is 0 Å². The molecule has 2 aromatic carbocycles. The molecule has 0 saturated heterocycles. The number of benzene rings is 2. The fourth-order valence-corrected chi connectivity index (χ4v) is 3.46. The van der Waals surface area contributed by atoms with E-state index in [4.69, 9.17) is 15.2 Å². The van der Waals surface area contributed by atoms with Crippen LogP contribution in [-0.2, 0) is 12.8 Å². The van der Waals surface area contributed by atoms with Crippen molar-refractivity contribution in [3.63, 3.8) is 0 Å². The number of halogens is 3. The Morgan fingerprint density at radius 2 is 2.00 bits per heavy atom. The number of fused-ring (bicyclic) bond motifs is 1. The summed E-state index contributed by atoms with van der Waals surface area (Å²) in [7, 11) is 1.44. The van der Waals surface area contributed by atoms with Crippen LogP contribution in [0.2, 0.25) is 0 Å². The molecule has 0 saturated carbocycles. The van der Waals surface area contributed by atoms with Gasteiger partial charge in [-0.3, -0.25) is 4.98 Å². The van der Waals surface area contributed by atoms with E-state index in [0.717, 1.165) is 25.0 Å². The first-order valence-corrected chi connectivity index (χ1v) is 10.2. The molecule has 0 aliphatic rings. The van der Waals surface area contributed by atoms with Gasteiger partial charge in [0.2, 0.25) is 0 Å². The summed E-state index contributed by atoms with van der Waals surface area (Å²) in [6, 6.07) is 7.99. The number of anilines is 1. The number of nitrogens with one attached hydrogen (secondary N) is 1. The fraction of sp³-hybridized carbons (Fsp3) is 0.348. The topological polar surface area (TPSA) is 89.6 Å². The number of aliphatic hydroxyl groups excluding tert-OH is 1. The molecule has 3 rings (SSSR count). The van der Waals surface area contributed by atoms with Gasteiger partial charge in [-0.05, 0) is 56.1 Å². The van der Waals surface area contributed by atoms with Gasteiger partial charge in [-0.1, -0.05) is 6.07 Å². The predicted molar refractivity (Wildman–Crippen MR) is 117 cm³/mol. The molecule has 0 bridgehead atoms. The maximum atomic E-state index is 13.1. The number of nitrogens with zero attached hydrogens (tertiary/aromatic N) is 1. The number of nitrogens with two attached hydrogens (primary N) is 1. The van der Waals surface area contributed by atoms with Gasteiger partial charge in [0.15, 0.2) is 11.5 Å². The van der Waals surface area contributed by atoms with Crippen LogP contribution in [0.1, 0.15) is 30.9 Å². The van der Waals surface area contributed by atoms with Crippen molar-refractivity contribution < 1.29 is 27.8 Å². The zero-order chi connectivity index (χ0) is 23.3. The van der Waals surface area contributed by atoms with Gasteiger partial charge in [0.05, 0.1) is 35.9 Å². The van der Waals surface area contributed by atoms with E-state index in [0.29, 0.717) is 34.4 Å². The van der Waals surface area contributed by atoms with Gasteiger partial charge < -0.3 is 25.6 Å². The number of hydrogen-bond donors (Lipinski definition) is 3. The Labute approximate surface area is 184 Å². The Balaban J connectivity index is 2.13. The molecule has 0 amide bonds. The second kappa shape index (κ2) is 10.1. The third-order valence-electron chi connectivity index (χ3n) is 5.03. The molecule has 9 heteroatoms. The van der Waals surface area contributed by atoms with Gasteiger partial charge in [-0.2, -0.15) is 13.2 Å². The molecule has 3 aromatic rings. The number of alkyl halides is 3. The minimum absolute atomic E-state index is 0.0100. The van der Waals surface area contributed by atoms with Gasteiger partial charge >= 0.3 is 6.18 Å². The molecule has 1 heterocycles. The largest absolute Gasteiger partial charge is 0.493 e. The van der Waals surface area contributed by atoms with Crippen LogP contribution in [0.15, 0.2) is 42.6 Å². The van der Waals surface area contributed by atoms with Gasteiger partial charge in [0.1, 0.15) is 5.75 Å². The smallest absolute Gasteiger partial charge is 0.416 e. The third kappa shape index (κ3) is 5.23. The SMILES string of the molecule is COc1cc(NC(C)CCCN)c2nccc(CO)c2c1Oc1cccc(C(F)(F)F)c1. The third-order valence-corrected chi connectivity index (χ3v) is 5.03. The highest BCUT2D eigenvalue weighted by Crippen LogP contribution is 2.44. The monoisotopic (exact) mass is 449 g/mol. The van der Waals surface area contributed by atoms with E-state index in [1.54, 1.807) is 18.3 Å². The summed E-state index contributed by atoms with van der Waals surface area (Å²) >= 11 is 0. The Hall–Kier alpha value is -3.04. The predicted octanol–water partition coefficient (Wildman–Crippen LogP) is 5.09. The normalized spacial score (nSPS) is 12.6. The first-order chi connectivity index (χ1) is 15.3. The van der Waals surface area contributed by atoms with E-state index in [-0.39, 0.29) is 24.1 Å². The second-order valence-electron chi connectivity index (χ2n) is 7.41. The van der Waals surface area contributed by atoms with Crippen molar-refractivity contribution in [2.75, 3.05) is 19.0 Å². The molecule has 0 fully saturated rings. The fourth-order valence-electron chi connectivity index (χ4n) is 3.46. The van der Waals surface area contributed by atoms with Crippen LogP contribution < -0.4 is 20.5 Å². The minimum Gasteiger partial charge on any atom is -0.493 e. The molecule has 1 atom stereocenters. The maximum Gasteiger partial charge on any atom is 0.416 e. The van der Waals surface area contributed by atoms with Crippen molar-refractivity contribution in [2.24, 2.45) is 5.73 Å². The lowest BCUT2D eigenvalue weighted by Crippen LogP contribution is -2.17. The van der Waals surface area contributed by atoms with Crippen molar-refractivity contribution in [1.82, 2.24) is 4.98 Å². The summed E-state index contributed by atoms with van der Waals surface area (Å²) in [5.74, 6) is 0.467. The maximum absolute atomic E-state index is 13.1. The number of methoxy groups -OCH3 is 1. The van der Waals surface area contributed by atoms with Crippen molar-refractivity contribution in [2.45, 2.75) is 38.6 Å². The number of pyridine rings is 1. The lowest BCUT2D eigenvalue weighted by atomic mass is 10.0. The molecule has 1 aromatic heterocycles. The van der Waals surface area contributed by atoms with Crippen LogP contribution in [0.3, 0.4) is 0 Å². The van der Waals surface area contributed by atoms with Crippen LogP contribution in [0.25, 0.3) is 10.9 Å². The summed E-state index contributed by atoms with van der Waals surface area (Å²) in [6.45, 7) is 2.27. The van der Waals surface area contributed by atoms with E-state index in [1.165, 1.54) is 19.2 Å². The van der Waals surface area contributed by atoms with E-state index >= 15 is 0 Å². The Morgan fingerprint density at radius 3 is 2.66 bits per heavy atom. The second-order valence-corrected chi connectivity index (χ2v) is 7.41. The standard InChI is InChI=1S/C23H26F3N3O3/c1-14(5-4-9-27)29-18-12-19(31-2)22(20-15(13-30)8-10-28-21(18)20)32-17-7-3-6-16(11-17)23(24,25)26/h3,6-8,10-12,14,29-30H,4-5,9,13,27H2,1-2H3. The van der Waals surface area contributed by atoms with Crippen molar-refractivity contribution in [3.8, 4) is 17.2 Å². The van der Waals surface area contributed by atoms with Crippen LogP contribution >= 0.6 is 0 Å². The average molecular weight is 449 g/mol. The minimum atomic E-state index is -4.50. The molecule has 6 nitrogen and oxygen atoms in total. The quantitative estimate of drug-likeness (QED) is 0.422. The summed E-state index contributed by atoms with van der Waals surface area (Å²) in [4.78, 5) is 4.44. The lowest BCUT2D eigenvalue weighted by Gasteiger charge is -2.21. The lowest BCUT2D eigenvalue weighted by molar-refractivity contribution is -0.137. The van der Waals surface area contributed by atoms with Crippen molar-refractivity contribution in [3.05, 3.63) is 53.7 Å². The van der Waals surface area contributed by atoms with Crippen LogP contribution in [-0.4, -0.2) is 29.8 Å². The molecule has 0 aliphatic carbocycles. The Kier molecular flexibility index (Phi) is 7.42. The highest BCUT2D eigenvalue weighted by molar-refractivity contribution is 5.99.